The molecule has 3 nitrogen and oxygen atoms in total. The Balaban J connectivity index is 1.91. The highest BCUT2D eigenvalue weighted by Crippen LogP contribution is 2.24. The Morgan fingerprint density at radius 2 is 2.00 bits per heavy atom. The van der Waals surface area contributed by atoms with Crippen LogP contribution in [0, 0.1) is 13.8 Å². The van der Waals surface area contributed by atoms with Gasteiger partial charge in [0.2, 0.25) is 0 Å². The van der Waals surface area contributed by atoms with Crippen molar-refractivity contribution in [2.24, 2.45) is 0 Å². The fourth-order valence-corrected chi connectivity index (χ4v) is 2.89. The quantitative estimate of drug-likeness (QED) is 0.853. The molecule has 0 spiro atoms. The van der Waals surface area contributed by atoms with Crippen molar-refractivity contribution >= 4 is 0 Å². The van der Waals surface area contributed by atoms with Gasteiger partial charge in [-0.3, -0.25) is 0 Å². The summed E-state index contributed by atoms with van der Waals surface area (Å²) in [5.41, 5.74) is 3.95. The molecule has 0 radical (unpaired) electrons. The molecule has 1 aliphatic rings. The number of benzene rings is 1. The van der Waals surface area contributed by atoms with Gasteiger partial charge in [-0.15, -0.1) is 0 Å². The van der Waals surface area contributed by atoms with Crippen LogP contribution < -0.4 is 15.4 Å². The minimum Gasteiger partial charge on any atom is -0.496 e. The van der Waals surface area contributed by atoms with E-state index in [9.17, 15) is 0 Å². The van der Waals surface area contributed by atoms with Crippen LogP contribution in [0.15, 0.2) is 12.1 Å². The van der Waals surface area contributed by atoms with Gasteiger partial charge in [0.25, 0.3) is 0 Å². The highest BCUT2D eigenvalue weighted by atomic mass is 16.5. The summed E-state index contributed by atoms with van der Waals surface area (Å²) in [7, 11) is 1.76. The van der Waals surface area contributed by atoms with E-state index < -0.39 is 0 Å². The van der Waals surface area contributed by atoms with Crippen molar-refractivity contribution in [1.29, 1.82) is 0 Å². The second kappa shape index (κ2) is 6.92. The van der Waals surface area contributed by atoms with Crippen LogP contribution >= 0.6 is 0 Å². The number of nitrogens with one attached hydrogen (secondary N) is 2. The normalized spacial score (nSPS) is 16.6. The molecule has 0 aliphatic carbocycles. The second-order valence-corrected chi connectivity index (χ2v) is 5.49. The van der Waals surface area contributed by atoms with Gasteiger partial charge in [0, 0.05) is 6.04 Å². The minimum absolute atomic E-state index is 0.679. The first-order valence-corrected chi connectivity index (χ1v) is 7.29. The van der Waals surface area contributed by atoms with Crippen LogP contribution in [0.25, 0.3) is 0 Å². The summed E-state index contributed by atoms with van der Waals surface area (Å²) in [6.07, 6.45) is 3.52. The summed E-state index contributed by atoms with van der Waals surface area (Å²) in [6.45, 7) is 7.61. The molecule has 1 heterocycles. The zero-order chi connectivity index (χ0) is 13.7. The van der Waals surface area contributed by atoms with Crippen LogP contribution in [0.3, 0.4) is 0 Å². The number of piperidine rings is 1. The minimum atomic E-state index is 0.679. The number of methoxy groups -OCH3 is 1. The fourth-order valence-electron chi connectivity index (χ4n) is 2.89. The maximum Gasteiger partial charge on any atom is 0.122 e. The van der Waals surface area contributed by atoms with Crippen molar-refractivity contribution in [1.82, 2.24) is 10.6 Å². The Morgan fingerprint density at radius 1 is 1.26 bits per heavy atom. The molecular weight excluding hydrogens is 236 g/mol. The largest absolute Gasteiger partial charge is 0.496 e. The standard InChI is InChI=1S/C16H26N2O/c1-12-10-13(2)15(16(11-12)19-3)6-9-18-14-4-7-17-8-5-14/h10-11,14,17-18H,4-9H2,1-3H3. The third kappa shape index (κ3) is 3.95. The Morgan fingerprint density at radius 3 is 2.68 bits per heavy atom. The van der Waals surface area contributed by atoms with E-state index >= 15 is 0 Å². The van der Waals surface area contributed by atoms with Crippen molar-refractivity contribution in [3.05, 3.63) is 28.8 Å². The lowest BCUT2D eigenvalue weighted by atomic mass is 10.0. The lowest BCUT2D eigenvalue weighted by Crippen LogP contribution is -2.40. The molecular formula is C16H26N2O. The van der Waals surface area contributed by atoms with Crippen LogP contribution in [-0.2, 0) is 6.42 Å². The Hall–Kier alpha value is -1.06. The first-order valence-electron chi connectivity index (χ1n) is 7.29. The maximum absolute atomic E-state index is 5.51. The molecule has 0 saturated carbocycles. The third-order valence-corrected chi connectivity index (χ3v) is 3.94. The summed E-state index contributed by atoms with van der Waals surface area (Å²) in [4.78, 5) is 0. The summed E-state index contributed by atoms with van der Waals surface area (Å²) in [5, 5.41) is 7.06. The number of hydrogen-bond acceptors (Lipinski definition) is 3. The highest BCUT2D eigenvalue weighted by molar-refractivity contribution is 5.43. The number of rotatable bonds is 5. The predicted octanol–water partition coefficient (Wildman–Crippen LogP) is 2.20. The molecule has 19 heavy (non-hydrogen) atoms. The fraction of sp³-hybridized carbons (Fsp3) is 0.625. The second-order valence-electron chi connectivity index (χ2n) is 5.49. The molecule has 0 unspecified atom stereocenters. The van der Waals surface area contributed by atoms with Gasteiger partial charge in [-0.1, -0.05) is 6.07 Å². The van der Waals surface area contributed by atoms with E-state index in [1.165, 1.54) is 29.5 Å². The summed E-state index contributed by atoms with van der Waals surface area (Å²) in [5.74, 6) is 1.03. The number of aryl methyl sites for hydroxylation is 2. The molecule has 1 fully saturated rings. The Kier molecular flexibility index (Phi) is 5.23. The van der Waals surface area contributed by atoms with Gasteiger partial charge in [0.05, 0.1) is 7.11 Å². The molecule has 106 valence electrons. The summed E-state index contributed by atoms with van der Waals surface area (Å²) >= 11 is 0. The monoisotopic (exact) mass is 262 g/mol. The van der Waals surface area contributed by atoms with Gasteiger partial charge >= 0.3 is 0 Å². The number of ether oxygens (including phenoxy) is 1. The zero-order valence-corrected chi connectivity index (χ0v) is 12.4. The molecule has 2 rings (SSSR count). The maximum atomic E-state index is 5.51. The van der Waals surface area contributed by atoms with Crippen LogP contribution in [0.1, 0.15) is 29.5 Å². The van der Waals surface area contributed by atoms with E-state index in [4.69, 9.17) is 4.74 Å². The third-order valence-electron chi connectivity index (χ3n) is 3.94. The van der Waals surface area contributed by atoms with E-state index in [2.05, 4.69) is 36.6 Å². The van der Waals surface area contributed by atoms with Crippen molar-refractivity contribution in [2.45, 2.75) is 39.2 Å². The average molecular weight is 262 g/mol. The van der Waals surface area contributed by atoms with E-state index in [1.807, 2.05) is 0 Å². The summed E-state index contributed by atoms with van der Waals surface area (Å²) < 4.78 is 5.51. The molecule has 0 bridgehead atoms. The van der Waals surface area contributed by atoms with Crippen molar-refractivity contribution in [3.63, 3.8) is 0 Å². The number of hydrogen-bond donors (Lipinski definition) is 2. The van der Waals surface area contributed by atoms with E-state index in [0.29, 0.717) is 6.04 Å². The topological polar surface area (TPSA) is 33.3 Å². The van der Waals surface area contributed by atoms with Gasteiger partial charge in [-0.25, -0.2) is 0 Å². The average Bonchev–Trinajstić information content (AvgIpc) is 2.42. The molecule has 3 heteroatoms. The van der Waals surface area contributed by atoms with Crippen LogP contribution in [0.4, 0.5) is 0 Å². The highest BCUT2D eigenvalue weighted by Gasteiger charge is 2.13. The van der Waals surface area contributed by atoms with E-state index in [1.54, 1.807) is 7.11 Å². The van der Waals surface area contributed by atoms with Gasteiger partial charge in [-0.05, 0) is 75.5 Å². The first-order chi connectivity index (χ1) is 9.20. The van der Waals surface area contributed by atoms with Gasteiger partial charge < -0.3 is 15.4 Å². The molecule has 1 aromatic carbocycles. The molecule has 1 saturated heterocycles. The zero-order valence-electron chi connectivity index (χ0n) is 12.4. The molecule has 1 aromatic rings. The lowest BCUT2D eigenvalue weighted by molar-refractivity contribution is 0.385. The molecule has 0 aromatic heterocycles. The summed E-state index contributed by atoms with van der Waals surface area (Å²) in [6, 6.07) is 5.05. The SMILES string of the molecule is COc1cc(C)cc(C)c1CCNC1CCNCC1. The predicted molar refractivity (Wildman–Crippen MR) is 80.1 cm³/mol. The van der Waals surface area contributed by atoms with E-state index in [-0.39, 0.29) is 0 Å². The van der Waals surface area contributed by atoms with Crippen molar-refractivity contribution in [3.8, 4) is 5.75 Å². The van der Waals surface area contributed by atoms with Crippen LogP contribution in [0.2, 0.25) is 0 Å². The molecule has 2 N–H and O–H groups in total. The first kappa shape index (κ1) is 14.4. The van der Waals surface area contributed by atoms with Crippen LogP contribution in [-0.4, -0.2) is 32.8 Å². The van der Waals surface area contributed by atoms with E-state index in [0.717, 1.165) is 31.8 Å². The lowest BCUT2D eigenvalue weighted by Gasteiger charge is -2.24. The van der Waals surface area contributed by atoms with Crippen molar-refractivity contribution < 1.29 is 4.74 Å². The molecule has 1 aliphatic heterocycles. The van der Waals surface area contributed by atoms with Gasteiger partial charge in [0.15, 0.2) is 0 Å². The smallest absolute Gasteiger partial charge is 0.122 e. The van der Waals surface area contributed by atoms with Crippen molar-refractivity contribution in [2.75, 3.05) is 26.7 Å². The van der Waals surface area contributed by atoms with Crippen LogP contribution in [0.5, 0.6) is 5.75 Å². The Bertz CT molecular complexity index is 411. The molecule has 0 atom stereocenters. The van der Waals surface area contributed by atoms with Gasteiger partial charge in [0.1, 0.15) is 5.75 Å². The molecule has 0 amide bonds. The van der Waals surface area contributed by atoms with Gasteiger partial charge in [-0.2, -0.15) is 0 Å². The Labute approximate surface area is 116 Å².